The van der Waals surface area contributed by atoms with Crippen LogP contribution in [0.25, 0.3) is 0 Å². The van der Waals surface area contributed by atoms with Gasteiger partial charge in [-0.15, -0.1) is 0 Å². The van der Waals surface area contributed by atoms with Crippen molar-refractivity contribution in [2.75, 3.05) is 12.4 Å². The number of anilines is 1. The van der Waals surface area contributed by atoms with Gasteiger partial charge in [-0.3, -0.25) is 0 Å². The molecule has 0 aliphatic heterocycles. The number of halogens is 1. The molecule has 0 amide bonds. The highest BCUT2D eigenvalue weighted by Crippen LogP contribution is 2.19. The number of ether oxygens (including phenoxy) is 1. The van der Waals surface area contributed by atoms with E-state index in [2.05, 4.69) is 15.3 Å². The summed E-state index contributed by atoms with van der Waals surface area (Å²) in [6.45, 7) is 3.96. The highest BCUT2D eigenvalue weighted by molar-refractivity contribution is 5.35. The maximum atomic E-state index is 13.1. The lowest BCUT2D eigenvalue weighted by Gasteiger charge is -2.09. The molecule has 0 atom stereocenters. The maximum absolute atomic E-state index is 13.1. The average Bonchev–Trinajstić information content (AvgIpc) is 2.39. The van der Waals surface area contributed by atoms with E-state index in [0.29, 0.717) is 11.6 Å². The molecule has 0 radical (unpaired) electrons. The number of hydrogen-bond acceptors (Lipinski definition) is 4. The molecule has 100 valence electrons. The molecule has 1 heterocycles. The highest BCUT2D eigenvalue weighted by Gasteiger charge is 2.05. The monoisotopic (exact) mass is 261 g/mol. The van der Waals surface area contributed by atoms with Gasteiger partial charge in [-0.25, -0.2) is 14.4 Å². The minimum Gasteiger partial charge on any atom is -0.485 e. The summed E-state index contributed by atoms with van der Waals surface area (Å²) < 4.78 is 18.7. The van der Waals surface area contributed by atoms with E-state index in [1.165, 1.54) is 12.1 Å². The third kappa shape index (κ3) is 3.40. The third-order valence-electron chi connectivity index (χ3n) is 2.66. The Morgan fingerprint density at radius 3 is 2.74 bits per heavy atom. The van der Waals surface area contributed by atoms with Gasteiger partial charge in [0.25, 0.3) is 0 Å². The molecule has 2 rings (SSSR count). The van der Waals surface area contributed by atoms with Crippen molar-refractivity contribution in [2.45, 2.75) is 20.5 Å². The second kappa shape index (κ2) is 5.65. The molecule has 1 aromatic carbocycles. The Morgan fingerprint density at radius 2 is 2.00 bits per heavy atom. The molecule has 4 nitrogen and oxygen atoms in total. The topological polar surface area (TPSA) is 47.0 Å². The molecule has 0 aliphatic rings. The molecule has 2 aromatic rings. The van der Waals surface area contributed by atoms with E-state index >= 15 is 0 Å². The van der Waals surface area contributed by atoms with Crippen molar-refractivity contribution in [1.82, 2.24) is 9.97 Å². The zero-order valence-corrected chi connectivity index (χ0v) is 11.2. The minimum atomic E-state index is -0.318. The second-order valence-corrected chi connectivity index (χ2v) is 4.26. The van der Waals surface area contributed by atoms with Crippen molar-refractivity contribution < 1.29 is 9.13 Å². The fourth-order valence-electron chi connectivity index (χ4n) is 1.69. The summed E-state index contributed by atoms with van der Waals surface area (Å²) in [6, 6.07) is 6.30. The van der Waals surface area contributed by atoms with Gasteiger partial charge in [0, 0.05) is 24.9 Å². The van der Waals surface area contributed by atoms with Crippen molar-refractivity contribution in [3.63, 3.8) is 0 Å². The van der Waals surface area contributed by atoms with Gasteiger partial charge in [-0.05, 0) is 25.5 Å². The van der Waals surface area contributed by atoms with Crippen molar-refractivity contribution >= 4 is 5.82 Å². The molecule has 0 spiro atoms. The molecule has 0 aliphatic carbocycles. The van der Waals surface area contributed by atoms with Gasteiger partial charge >= 0.3 is 0 Å². The summed E-state index contributed by atoms with van der Waals surface area (Å²) in [7, 11) is 1.79. The van der Waals surface area contributed by atoms with Gasteiger partial charge < -0.3 is 10.1 Å². The van der Waals surface area contributed by atoms with Crippen molar-refractivity contribution in [3.8, 4) is 5.75 Å². The number of hydrogen-bond donors (Lipinski definition) is 1. The Kier molecular flexibility index (Phi) is 3.94. The molecule has 5 heteroatoms. The summed E-state index contributed by atoms with van der Waals surface area (Å²) in [4.78, 5) is 8.56. The van der Waals surface area contributed by atoms with Crippen LogP contribution in [0.2, 0.25) is 0 Å². The van der Waals surface area contributed by atoms with Crippen LogP contribution in [0, 0.1) is 19.7 Å². The van der Waals surface area contributed by atoms with E-state index in [-0.39, 0.29) is 12.4 Å². The number of nitrogens with zero attached hydrogens (tertiary/aromatic N) is 2. The van der Waals surface area contributed by atoms with Crippen LogP contribution in [0.1, 0.15) is 17.1 Å². The molecule has 0 bridgehead atoms. The Bertz CT molecular complexity index is 587. The quantitative estimate of drug-likeness (QED) is 0.919. The van der Waals surface area contributed by atoms with Gasteiger partial charge in [-0.2, -0.15) is 0 Å². The first kappa shape index (κ1) is 13.3. The van der Waals surface area contributed by atoms with Crippen LogP contribution in [0.4, 0.5) is 10.2 Å². The molecule has 0 saturated heterocycles. The highest BCUT2D eigenvalue weighted by atomic mass is 19.1. The number of rotatable bonds is 4. The van der Waals surface area contributed by atoms with Gasteiger partial charge in [0.15, 0.2) is 5.82 Å². The van der Waals surface area contributed by atoms with Crippen molar-refractivity contribution in [2.24, 2.45) is 0 Å². The SMILES string of the molecule is CNc1cc(C)nc(COc2cc(F)ccc2C)n1. The van der Waals surface area contributed by atoms with Gasteiger partial charge in [0.1, 0.15) is 24.0 Å². The van der Waals surface area contributed by atoms with E-state index in [9.17, 15) is 4.39 Å². The number of benzene rings is 1. The molecule has 19 heavy (non-hydrogen) atoms. The Balaban J connectivity index is 2.14. The normalized spacial score (nSPS) is 10.3. The predicted molar refractivity (Wildman–Crippen MR) is 71.8 cm³/mol. The van der Waals surface area contributed by atoms with E-state index in [4.69, 9.17) is 4.74 Å². The fraction of sp³-hybridized carbons (Fsp3) is 0.286. The first-order valence-corrected chi connectivity index (χ1v) is 6.00. The summed E-state index contributed by atoms with van der Waals surface area (Å²) in [6.07, 6.45) is 0. The van der Waals surface area contributed by atoms with Crippen LogP contribution in [0.3, 0.4) is 0 Å². The second-order valence-electron chi connectivity index (χ2n) is 4.26. The van der Waals surface area contributed by atoms with Crippen LogP contribution < -0.4 is 10.1 Å². The lowest BCUT2D eigenvalue weighted by atomic mass is 10.2. The predicted octanol–water partition coefficient (Wildman–Crippen LogP) is 2.85. The zero-order valence-electron chi connectivity index (χ0n) is 11.2. The third-order valence-corrected chi connectivity index (χ3v) is 2.66. The fourth-order valence-corrected chi connectivity index (χ4v) is 1.69. The van der Waals surface area contributed by atoms with Crippen molar-refractivity contribution in [3.05, 3.63) is 47.2 Å². The first-order valence-electron chi connectivity index (χ1n) is 6.00. The molecule has 0 saturated carbocycles. The lowest BCUT2D eigenvalue weighted by Crippen LogP contribution is -2.06. The van der Waals surface area contributed by atoms with Gasteiger partial charge in [-0.1, -0.05) is 6.07 Å². The number of aryl methyl sites for hydroxylation is 2. The summed E-state index contributed by atoms with van der Waals surface area (Å²) in [5.74, 6) is 1.49. The molecular weight excluding hydrogens is 245 g/mol. The van der Waals surface area contributed by atoms with Crippen LogP contribution >= 0.6 is 0 Å². The number of nitrogens with one attached hydrogen (secondary N) is 1. The minimum absolute atomic E-state index is 0.209. The molecular formula is C14H16FN3O. The van der Waals surface area contributed by atoms with Crippen LogP contribution in [0.5, 0.6) is 5.75 Å². The molecule has 1 N–H and O–H groups in total. The van der Waals surface area contributed by atoms with Crippen LogP contribution in [-0.2, 0) is 6.61 Å². The van der Waals surface area contributed by atoms with Gasteiger partial charge in [0.05, 0.1) is 0 Å². The summed E-state index contributed by atoms with van der Waals surface area (Å²) >= 11 is 0. The van der Waals surface area contributed by atoms with Crippen LogP contribution in [0.15, 0.2) is 24.3 Å². The largest absolute Gasteiger partial charge is 0.485 e. The summed E-state index contributed by atoms with van der Waals surface area (Å²) in [5.41, 5.74) is 1.73. The molecule has 0 fully saturated rings. The average molecular weight is 261 g/mol. The standard InChI is InChI=1S/C14H16FN3O/c1-9-4-5-11(15)7-12(9)19-8-14-17-10(2)6-13(16-3)18-14/h4-7H,8H2,1-3H3,(H,16,17,18). The van der Waals surface area contributed by atoms with Crippen molar-refractivity contribution in [1.29, 1.82) is 0 Å². The Morgan fingerprint density at radius 1 is 1.21 bits per heavy atom. The lowest BCUT2D eigenvalue weighted by molar-refractivity contribution is 0.292. The zero-order chi connectivity index (χ0) is 13.8. The van der Waals surface area contributed by atoms with E-state index < -0.39 is 0 Å². The Labute approximate surface area is 111 Å². The van der Waals surface area contributed by atoms with E-state index in [0.717, 1.165) is 17.1 Å². The smallest absolute Gasteiger partial charge is 0.168 e. The maximum Gasteiger partial charge on any atom is 0.168 e. The first-order chi connectivity index (χ1) is 9.08. The molecule has 0 unspecified atom stereocenters. The number of aromatic nitrogens is 2. The van der Waals surface area contributed by atoms with Crippen LogP contribution in [-0.4, -0.2) is 17.0 Å². The summed E-state index contributed by atoms with van der Waals surface area (Å²) in [5, 5.41) is 2.96. The Hall–Kier alpha value is -2.17. The van der Waals surface area contributed by atoms with E-state index in [1.807, 2.05) is 19.9 Å². The van der Waals surface area contributed by atoms with E-state index in [1.54, 1.807) is 13.1 Å². The molecule has 1 aromatic heterocycles. The van der Waals surface area contributed by atoms with Gasteiger partial charge in [0.2, 0.25) is 0 Å².